The van der Waals surface area contributed by atoms with E-state index in [1.165, 1.54) is 6.07 Å². The van der Waals surface area contributed by atoms with E-state index >= 15 is 0 Å². The number of nitrogens with one attached hydrogen (secondary N) is 1. The lowest BCUT2D eigenvalue weighted by Crippen LogP contribution is -2.25. The Hall–Kier alpha value is -1.13. The lowest BCUT2D eigenvalue weighted by molar-refractivity contribution is 0.00502. The molecule has 0 aromatic heterocycles. The van der Waals surface area contributed by atoms with Crippen molar-refractivity contribution in [3.05, 3.63) is 29.6 Å². The van der Waals surface area contributed by atoms with Gasteiger partial charge in [0, 0.05) is 25.1 Å². The van der Waals surface area contributed by atoms with Crippen molar-refractivity contribution < 1.29 is 13.9 Å². The first-order valence-corrected chi connectivity index (χ1v) is 6.55. The van der Waals surface area contributed by atoms with E-state index in [1.54, 1.807) is 13.2 Å². The van der Waals surface area contributed by atoms with Gasteiger partial charge in [-0.3, -0.25) is 0 Å². The normalized spacial score (nSPS) is 13.4. The summed E-state index contributed by atoms with van der Waals surface area (Å²) in [5, 5.41) is 3.10. The van der Waals surface area contributed by atoms with Crippen LogP contribution in [0.4, 0.5) is 4.39 Å². The second-order valence-electron chi connectivity index (χ2n) is 5.23. The molecule has 19 heavy (non-hydrogen) atoms. The Kier molecular flexibility index (Phi) is 5.76. The monoisotopic (exact) mass is 269 g/mol. The minimum Gasteiger partial charge on any atom is -0.490 e. The van der Waals surface area contributed by atoms with E-state index in [4.69, 9.17) is 9.47 Å². The maximum atomic E-state index is 13.9. The highest BCUT2D eigenvalue weighted by molar-refractivity contribution is 5.37. The minimum absolute atomic E-state index is 0.0427. The Morgan fingerprint density at radius 2 is 2.05 bits per heavy atom. The molecule has 0 spiro atoms. The van der Waals surface area contributed by atoms with E-state index in [0.29, 0.717) is 18.8 Å². The van der Waals surface area contributed by atoms with Crippen LogP contribution < -0.4 is 10.1 Å². The molecular formula is C15H24FNO2. The van der Waals surface area contributed by atoms with E-state index < -0.39 is 0 Å². The molecular weight excluding hydrogens is 245 g/mol. The predicted octanol–water partition coefficient (Wildman–Crippen LogP) is 3.30. The molecule has 1 atom stereocenters. The first-order chi connectivity index (χ1) is 8.91. The highest BCUT2D eigenvalue weighted by Gasteiger charge is 2.18. The molecule has 1 unspecified atom stereocenters. The molecule has 0 aliphatic carbocycles. The molecule has 1 N–H and O–H groups in total. The topological polar surface area (TPSA) is 30.5 Å². The van der Waals surface area contributed by atoms with Gasteiger partial charge in [-0.2, -0.15) is 0 Å². The van der Waals surface area contributed by atoms with Gasteiger partial charge in [0.2, 0.25) is 0 Å². The summed E-state index contributed by atoms with van der Waals surface area (Å²) >= 11 is 0. The largest absolute Gasteiger partial charge is 0.490 e. The number of benzene rings is 1. The van der Waals surface area contributed by atoms with Crippen LogP contribution in [0.3, 0.4) is 0 Å². The van der Waals surface area contributed by atoms with Crippen LogP contribution in [-0.2, 0) is 4.74 Å². The van der Waals surface area contributed by atoms with Crippen molar-refractivity contribution >= 4 is 0 Å². The fraction of sp³-hybridized carbons (Fsp3) is 0.600. The van der Waals surface area contributed by atoms with Crippen LogP contribution in [-0.4, -0.2) is 26.4 Å². The van der Waals surface area contributed by atoms with Crippen molar-refractivity contribution in [3.8, 4) is 5.75 Å². The molecule has 1 aromatic carbocycles. The molecule has 0 radical (unpaired) electrons. The molecule has 0 saturated carbocycles. The van der Waals surface area contributed by atoms with Gasteiger partial charge in [-0.15, -0.1) is 0 Å². The first kappa shape index (κ1) is 15.9. The van der Waals surface area contributed by atoms with Crippen molar-refractivity contribution in [2.24, 2.45) is 0 Å². The second kappa shape index (κ2) is 6.87. The van der Waals surface area contributed by atoms with E-state index in [2.05, 4.69) is 5.32 Å². The van der Waals surface area contributed by atoms with E-state index in [9.17, 15) is 4.39 Å². The molecule has 0 bridgehead atoms. The molecule has 1 aromatic rings. The zero-order valence-corrected chi connectivity index (χ0v) is 12.4. The van der Waals surface area contributed by atoms with Crippen LogP contribution in [0.25, 0.3) is 0 Å². The Morgan fingerprint density at radius 1 is 1.37 bits per heavy atom. The summed E-state index contributed by atoms with van der Waals surface area (Å²) in [5.41, 5.74) is 0.567. The molecule has 108 valence electrons. The van der Waals surface area contributed by atoms with E-state index in [1.807, 2.05) is 33.9 Å². The summed E-state index contributed by atoms with van der Waals surface area (Å²) < 4.78 is 24.8. The Labute approximate surface area is 115 Å². The molecule has 3 nitrogen and oxygen atoms in total. The van der Waals surface area contributed by atoms with Crippen molar-refractivity contribution in [1.29, 1.82) is 0 Å². The number of methoxy groups -OCH3 is 1. The van der Waals surface area contributed by atoms with Gasteiger partial charge in [-0.1, -0.05) is 12.1 Å². The molecule has 0 heterocycles. The molecule has 0 aliphatic heterocycles. The SMILES string of the molecule is CNC(C)c1cccc(F)c1OCCC(C)(C)OC. The number of rotatable bonds is 7. The van der Waals surface area contributed by atoms with Crippen LogP contribution in [0.5, 0.6) is 5.75 Å². The minimum atomic E-state index is -0.324. The summed E-state index contributed by atoms with van der Waals surface area (Å²) in [7, 11) is 3.50. The Morgan fingerprint density at radius 3 is 2.63 bits per heavy atom. The highest BCUT2D eigenvalue weighted by Crippen LogP contribution is 2.28. The van der Waals surface area contributed by atoms with Crippen molar-refractivity contribution in [3.63, 3.8) is 0 Å². The summed E-state index contributed by atoms with van der Waals surface area (Å²) in [4.78, 5) is 0. The zero-order chi connectivity index (χ0) is 14.5. The summed E-state index contributed by atoms with van der Waals surface area (Å²) in [5.74, 6) is 0.00563. The van der Waals surface area contributed by atoms with Crippen molar-refractivity contribution in [2.45, 2.75) is 38.8 Å². The molecule has 0 fully saturated rings. The second-order valence-corrected chi connectivity index (χ2v) is 5.23. The zero-order valence-electron chi connectivity index (χ0n) is 12.4. The first-order valence-electron chi connectivity index (χ1n) is 6.55. The molecule has 0 aliphatic rings. The van der Waals surface area contributed by atoms with Gasteiger partial charge < -0.3 is 14.8 Å². The van der Waals surface area contributed by atoms with Crippen LogP contribution in [0, 0.1) is 5.82 Å². The summed E-state index contributed by atoms with van der Waals surface area (Å²) in [6, 6.07) is 5.04. The van der Waals surface area contributed by atoms with Gasteiger partial charge in [-0.25, -0.2) is 4.39 Å². The maximum Gasteiger partial charge on any atom is 0.165 e. The third kappa shape index (κ3) is 4.48. The van der Waals surface area contributed by atoms with Crippen LogP contribution >= 0.6 is 0 Å². The average molecular weight is 269 g/mol. The fourth-order valence-corrected chi connectivity index (χ4v) is 1.68. The van der Waals surface area contributed by atoms with E-state index in [0.717, 1.165) is 5.56 Å². The van der Waals surface area contributed by atoms with Crippen molar-refractivity contribution in [2.75, 3.05) is 20.8 Å². The highest BCUT2D eigenvalue weighted by atomic mass is 19.1. The smallest absolute Gasteiger partial charge is 0.165 e. The van der Waals surface area contributed by atoms with Crippen molar-refractivity contribution in [1.82, 2.24) is 5.32 Å². The molecule has 4 heteroatoms. The van der Waals surface area contributed by atoms with Gasteiger partial charge in [0.05, 0.1) is 12.2 Å². The maximum absolute atomic E-state index is 13.9. The van der Waals surface area contributed by atoms with Gasteiger partial charge in [0.25, 0.3) is 0 Å². The van der Waals surface area contributed by atoms with E-state index in [-0.39, 0.29) is 17.5 Å². The number of hydrogen-bond acceptors (Lipinski definition) is 3. The summed E-state index contributed by atoms with van der Waals surface area (Å²) in [6.07, 6.45) is 0.700. The Bertz CT molecular complexity index is 407. The standard InChI is InChI=1S/C15H24FNO2/c1-11(17-4)12-7-6-8-13(16)14(12)19-10-9-15(2,3)18-5/h6-8,11,17H,9-10H2,1-5H3. The van der Waals surface area contributed by atoms with Gasteiger partial charge in [0.1, 0.15) is 0 Å². The van der Waals surface area contributed by atoms with Crippen LogP contribution in [0.15, 0.2) is 18.2 Å². The predicted molar refractivity (Wildman–Crippen MR) is 75.1 cm³/mol. The molecule has 0 saturated heterocycles. The number of para-hydroxylation sites is 1. The lowest BCUT2D eigenvalue weighted by atomic mass is 10.1. The van der Waals surface area contributed by atoms with Crippen LogP contribution in [0.1, 0.15) is 38.8 Å². The third-order valence-electron chi connectivity index (χ3n) is 3.40. The van der Waals surface area contributed by atoms with Gasteiger partial charge in [-0.05, 0) is 33.9 Å². The molecule has 1 rings (SSSR count). The van der Waals surface area contributed by atoms with Crippen LogP contribution in [0.2, 0.25) is 0 Å². The quantitative estimate of drug-likeness (QED) is 0.824. The Balaban J connectivity index is 2.77. The number of halogens is 1. The number of hydrogen-bond donors (Lipinski definition) is 1. The average Bonchev–Trinajstić information content (AvgIpc) is 2.39. The fourth-order valence-electron chi connectivity index (χ4n) is 1.68. The third-order valence-corrected chi connectivity index (χ3v) is 3.40. The molecule has 0 amide bonds. The summed E-state index contributed by atoms with van der Waals surface area (Å²) in [6.45, 7) is 6.36. The van der Waals surface area contributed by atoms with Gasteiger partial charge in [0.15, 0.2) is 11.6 Å². The van der Waals surface area contributed by atoms with Gasteiger partial charge >= 0.3 is 0 Å². The lowest BCUT2D eigenvalue weighted by Gasteiger charge is -2.23. The number of ether oxygens (including phenoxy) is 2.